The molecule has 0 N–H and O–H groups in total. The van der Waals surface area contributed by atoms with Gasteiger partial charge in [0, 0.05) is 6.54 Å². The average Bonchev–Trinajstić information content (AvgIpc) is 2.31. The molecule has 0 aliphatic heterocycles. The Morgan fingerprint density at radius 1 is 1.55 bits per heavy atom. The van der Waals surface area contributed by atoms with E-state index in [1.165, 1.54) is 9.35 Å². The van der Waals surface area contributed by atoms with E-state index in [0.29, 0.717) is 0 Å². The van der Waals surface area contributed by atoms with Gasteiger partial charge in [-0.05, 0) is 53.5 Å². The van der Waals surface area contributed by atoms with Crippen LogP contribution in [0.25, 0.3) is 0 Å². The number of likely N-dealkylation sites (N-methyl/N-ethyl adjacent to an activating group) is 1. The summed E-state index contributed by atoms with van der Waals surface area (Å²) in [5.41, 5.74) is 1.42. The van der Waals surface area contributed by atoms with Gasteiger partial charge in [-0.2, -0.15) is 0 Å². The third kappa shape index (κ3) is 2.93. The van der Waals surface area contributed by atoms with Crippen LogP contribution in [0.4, 0.5) is 0 Å². The average molecular weight is 234 g/mol. The van der Waals surface area contributed by atoms with Crippen LogP contribution in [0.15, 0.2) is 15.2 Å². The first-order valence-corrected chi connectivity index (χ1v) is 5.24. The summed E-state index contributed by atoms with van der Waals surface area (Å²) in [5, 5.41) is 2.12. The lowest BCUT2D eigenvalue weighted by atomic mass is 10.2. The molecular formula is C8H12BrNS. The van der Waals surface area contributed by atoms with Crippen molar-refractivity contribution in [3.05, 3.63) is 20.8 Å². The normalized spacial score (nSPS) is 10.9. The van der Waals surface area contributed by atoms with Gasteiger partial charge in [0.15, 0.2) is 0 Å². The smallest absolute Gasteiger partial charge is 0.0730 e. The molecule has 0 saturated carbocycles. The van der Waals surface area contributed by atoms with Crippen LogP contribution in [0, 0.1) is 0 Å². The van der Waals surface area contributed by atoms with Crippen LogP contribution < -0.4 is 0 Å². The van der Waals surface area contributed by atoms with E-state index in [9.17, 15) is 0 Å². The molecule has 0 radical (unpaired) electrons. The second-order valence-electron chi connectivity index (χ2n) is 2.77. The van der Waals surface area contributed by atoms with Gasteiger partial charge in [-0.1, -0.05) is 0 Å². The van der Waals surface area contributed by atoms with Crippen LogP contribution in [0.3, 0.4) is 0 Å². The second kappa shape index (κ2) is 4.24. The molecule has 0 aromatic carbocycles. The Bertz CT molecular complexity index is 220. The van der Waals surface area contributed by atoms with Crippen molar-refractivity contribution in [2.75, 3.05) is 20.6 Å². The van der Waals surface area contributed by atoms with Crippen LogP contribution >= 0.6 is 27.3 Å². The van der Waals surface area contributed by atoms with Gasteiger partial charge in [0.2, 0.25) is 0 Å². The lowest BCUT2D eigenvalue weighted by molar-refractivity contribution is 0.413. The van der Waals surface area contributed by atoms with Crippen molar-refractivity contribution in [3.63, 3.8) is 0 Å². The standard InChI is InChI=1S/C8H12BrNS/c1-10(2)5-3-7-4-6-11-8(7)9/h4,6H,3,5H2,1-2H3. The van der Waals surface area contributed by atoms with Gasteiger partial charge in [0.05, 0.1) is 3.79 Å². The van der Waals surface area contributed by atoms with Gasteiger partial charge < -0.3 is 4.90 Å². The van der Waals surface area contributed by atoms with E-state index in [-0.39, 0.29) is 0 Å². The molecular weight excluding hydrogens is 222 g/mol. The summed E-state index contributed by atoms with van der Waals surface area (Å²) in [6.07, 6.45) is 1.14. The minimum Gasteiger partial charge on any atom is -0.309 e. The largest absolute Gasteiger partial charge is 0.309 e. The molecule has 0 bridgehead atoms. The van der Waals surface area contributed by atoms with Crippen LogP contribution in [-0.2, 0) is 6.42 Å². The zero-order valence-electron chi connectivity index (χ0n) is 6.80. The maximum absolute atomic E-state index is 3.52. The first-order valence-electron chi connectivity index (χ1n) is 3.57. The quantitative estimate of drug-likeness (QED) is 0.777. The third-order valence-electron chi connectivity index (χ3n) is 1.52. The molecule has 1 rings (SSSR count). The molecule has 0 spiro atoms. The predicted octanol–water partition coefficient (Wildman–Crippen LogP) is 2.61. The van der Waals surface area contributed by atoms with Crippen LogP contribution in [0.1, 0.15) is 5.56 Å². The van der Waals surface area contributed by atoms with Gasteiger partial charge >= 0.3 is 0 Å². The monoisotopic (exact) mass is 233 g/mol. The SMILES string of the molecule is CN(C)CCc1ccsc1Br. The van der Waals surface area contributed by atoms with E-state index in [4.69, 9.17) is 0 Å². The zero-order chi connectivity index (χ0) is 8.27. The van der Waals surface area contributed by atoms with E-state index in [1.807, 2.05) is 0 Å². The number of halogens is 1. The Morgan fingerprint density at radius 2 is 2.27 bits per heavy atom. The maximum atomic E-state index is 3.52. The van der Waals surface area contributed by atoms with Crippen molar-refractivity contribution >= 4 is 27.3 Å². The lowest BCUT2D eigenvalue weighted by Gasteiger charge is -2.07. The molecule has 0 fully saturated rings. The van der Waals surface area contributed by atoms with Crippen LogP contribution in [0.2, 0.25) is 0 Å². The minimum atomic E-state index is 1.12. The number of thiophene rings is 1. The fourth-order valence-corrected chi connectivity index (χ4v) is 2.17. The van der Waals surface area contributed by atoms with Crippen LogP contribution in [-0.4, -0.2) is 25.5 Å². The second-order valence-corrected chi connectivity index (χ2v) is 5.01. The maximum Gasteiger partial charge on any atom is 0.0730 e. The molecule has 1 aromatic heterocycles. The number of hydrogen-bond donors (Lipinski definition) is 0. The first kappa shape index (κ1) is 9.23. The highest BCUT2D eigenvalue weighted by Gasteiger charge is 2.00. The summed E-state index contributed by atoms with van der Waals surface area (Å²) in [5.74, 6) is 0. The van der Waals surface area contributed by atoms with E-state index >= 15 is 0 Å². The summed E-state index contributed by atoms with van der Waals surface area (Å²) in [7, 11) is 4.19. The van der Waals surface area contributed by atoms with E-state index in [2.05, 4.69) is 46.4 Å². The van der Waals surface area contributed by atoms with Gasteiger partial charge in [-0.15, -0.1) is 11.3 Å². The summed E-state index contributed by atoms with van der Waals surface area (Å²) in [6, 6.07) is 2.18. The molecule has 0 atom stereocenters. The summed E-state index contributed by atoms with van der Waals surface area (Å²) < 4.78 is 1.28. The molecule has 0 amide bonds. The van der Waals surface area contributed by atoms with Gasteiger partial charge in [0.25, 0.3) is 0 Å². The molecule has 1 aromatic rings. The number of rotatable bonds is 3. The molecule has 1 nitrogen and oxygen atoms in total. The van der Waals surface area contributed by atoms with Crippen molar-refractivity contribution in [2.45, 2.75) is 6.42 Å². The lowest BCUT2D eigenvalue weighted by Crippen LogP contribution is -2.14. The van der Waals surface area contributed by atoms with Crippen molar-refractivity contribution in [1.29, 1.82) is 0 Å². The van der Waals surface area contributed by atoms with Crippen molar-refractivity contribution in [1.82, 2.24) is 4.90 Å². The topological polar surface area (TPSA) is 3.24 Å². The van der Waals surface area contributed by atoms with Gasteiger partial charge in [0.1, 0.15) is 0 Å². The van der Waals surface area contributed by atoms with Crippen LogP contribution in [0.5, 0.6) is 0 Å². The molecule has 62 valence electrons. The third-order valence-corrected chi connectivity index (χ3v) is 3.33. The Morgan fingerprint density at radius 3 is 2.73 bits per heavy atom. The molecule has 0 saturated heterocycles. The highest BCUT2D eigenvalue weighted by Crippen LogP contribution is 2.23. The van der Waals surface area contributed by atoms with E-state index in [0.717, 1.165) is 13.0 Å². The number of hydrogen-bond acceptors (Lipinski definition) is 2. The van der Waals surface area contributed by atoms with Crippen molar-refractivity contribution in [3.8, 4) is 0 Å². The molecule has 0 aliphatic carbocycles. The first-order chi connectivity index (χ1) is 5.20. The van der Waals surface area contributed by atoms with E-state index in [1.54, 1.807) is 11.3 Å². The summed E-state index contributed by atoms with van der Waals surface area (Å²) in [4.78, 5) is 2.20. The Kier molecular flexibility index (Phi) is 3.55. The zero-order valence-corrected chi connectivity index (χ0v) is 9.20. The highest BCUT2D eigenvalue weighted by molar-refractivity contribution is 9.11. The molecule has 1 heterocycles. The van der Waals surface area contributed by atoms with Crippen molar-refractivity contribution < 1.29 is 0 Å². The molecule has 3 heteroatoms. The highest BCUT2D eigenvalue weighted by atomic mass is 79.9. The Labute approximate surface area is 80.2 Å². The van der Waals surface area contributed by atoms with Gasteiger partial charge in [-0.25, -0.2) is 0 Å². The van der Waals surface area contributed by atoms with Gasteiger partial charge in [-0.3, -0.25) is 0 Å². The summed E-state index contributed by atoms with van der Waals surface area (Å²) >= 11 is 5.27. The molecule has 11 heavy (non-hydrogen) atoms. The predicted molar refractivity (Wildman–Crippen MR) is 54.3 cm³/mol. The van der Waals surface area contributed by atoms with Crippen molar-refractivity contribution in [2.24, 2.45) is 0 Å². The Hall–Kier alpha value is 0.140. The summed E-state index contributed by atoms with van der Waals surface area (Å²) in [6.45, 7) is 1.12. The molecule has 0 unspecified atom stereocenters. The minimum absolute atomic E-state index is 1.12. The fourth-order valence-electron chi connectivity index (χ4n) is 0.843. The number of nitrogens with zero attached hydrogens (tertiary/aromatic N) is 1. The van der Waals surface area contributed by atoms with E-state index < -0.39 is 0 Å². The fraction of sp³-hybridized carbons (Fsp3) is 0.500. The molecule has 0 aliphatic rings. The Balaban J connectivity index is 2.44.